The first-order valence-electron chi connectivity index (χ1n) is 13.9. The minimum Gasteiger partial charge on any atom is -0.507 e. The van der Waals surface area contributed by atoms with Gasteiger partial charge in [0.15, 0.2) is 15.9 Å². The SMILES string of the molecule is COc1ccc(/C(O)=C2\C(=O)C(=O)N(c3nnc(SCc4cccc5ccccc45)s3)C2c2ccc(C(C)C)cc2)cc1F. The number of rotatable bonds is 8. The van der Waals surface area contributed by atoms with E-state index in [4.69, 9.17) is 4.74 Å². The third kappa shape index (κ3) is 5.46. The molecule has 7 nitrogen and oxygen atoms in total. The van der Waals surface area contributed by atoms with E-state index in [0.717, 1.165) is 28.0 Å². The molecule has 1 fully saturated rings. The van der Waals surface area contributed by atoms with E-state index in [-0.39, 0.29) is 27.9 Å². The number of fused-ring (bicyclic) bond motifs is 1. The second kappa shape index (κ2) is 12.2. The van der Waals surface area contributed by atoms with Crippen molar-refractivity contribution in [2.45, 2.75) is 35.9 Å². The predicted octanol–water partition coefficient (Wildman–Crippen LogP) is 7.88. The van der Waals surface area contributed by atoms with E-state index in [9.17, 15) is 19.1 Å². The Morgan fingerprint density at radius 2 is 1.77 bits per heavy atom. The highest BCUT2D eigenvalue weighted by Gasteiger charge is 2.48. The second-order valence-corrected chi connectivity index (χ2v) is 12.8. The average Bonchev–Trinajstić information content (AvgIpc) is 3.61. The average molecular weight is 626 g/mol. The molecule has 10 heteroatoms. The number of Topliss-reactive ketones (excluding diaryl/α,β-unsaturated/α-hetero) is 1. The van der Waals surface area contributed by atoms with Crippen molar-refractivity contribution in [2.75, 3.05) is 12.0 Å². The van der Waals surface area contributed by atoms with Crippen LogP contribution in [0.15, 0.2) is 94.8 Å². The highest BCUT2D eigenvalue weighted by Crippen LogP contribution is 2.44. The molecule has 1 atom stereocenters. The van der Waals surface area contributed by atoms with Crippen LogP contribution in [0.25, 0.3) is 16.5 Å². The number of thioether (sulfide) groups is 1. The summed E-state index contributed by atoms with van der Waals surface area (Å²) in [5.41, 5.74) is 2.71. The molecule has 0 radical (unpaired) electrons. The van der Waals surface area contributed by atoms with E-state index in [2.05, 4.69) is 48.3 Å². The number of methoxy groups -OCH3 is 1. The van der Waals surface area contributed by atoms with Gasteiger partial charge in [0.25, 0.3) is 5.78 Å². The van der Waals surface area contributed by atoms with E-state index in [1.807, 2.05) is 42.5 Å². The van der Waals surface area contributed by atoms with Gasteiger partial charge in [-0.25, -0.2) is 4.39 Å². The van der Waals surface area contributed by atoms with Crippen LogP contribution in [0, 0.1) is 5.82 Å². The Bertz CT molecular complexity index is 1910. The van der Waals surface area contributed by atoms with Gasteiger partial charge in [-0.1, -0.05) is 104 Å². The third-order valence-corrected chi connectivity index (χ3v) is 9.73. The van der Waals surface area contributed by atoms with Crippen molar-refractivity contribution in [1.82, 2.24) is 10.2 Å². The first kappa shape index (κ1) is 29.5. The molecule has 1 saturated heterocycles. The summed E-state index contributed by atoms with van der Waals surface area (Å²) in [4.78, 5) is 28.4. The zero-order valence-corrected chi connectivity index (χ0v) is 25.8. The molecule has 44 heavy (non-hydrogen) atoms. The van der Waals surface area contributed by atoms with Crippen molar-refractivity contribution >= 4 is 56.5 Å². The number of anilines is 1. The molecule has 0 saturated carbocycles. The van der Waals surface area contributed by atoms with Gasteiger partial charge in [0.05, 0.1) is 18.7 Å². The minimum absolute atomic E-state index is 0.00906. The number of aliphatic hydroxyl groups excluding tert-OH is 1. The lowest BCUT2D eigenvalue weighted by atomic mass is 9.93. The van der Waals surface area contributed by atoms with Crippen LogP contribution in [0.4, 0.5) is 9.52 Å². The molecule has 1 unspecified atom stereocenters. The second-order valence-electron chi connectivity index (χ2n) is 10.6. The molecule has 1 amide bonds. The summed E-state index contributed by atoms with van der Waals surface area (Å²) in [6, 6.07) is 24.7. The number of carbonyl (C=O) groups is 2. The fourth-order valence-electron chi connectivity index (χ4n) is 5.29. The number of aliphatic hydroxyl groups is 1. The van der Waals surface area contributed by atoms with Gasteiger partial charge in [-0.3, -0.25) is 14.5 Å². The molecule has 1 N–H and O–H groups in total. The first-order chi connectivity index (χ1) is 21.3. The molecule has 4 aromatic carbocycles. The predicted molar refractivity (Wildman–Crippen MR) is 172 cm³/mol. The summed E-state index contributed by atoms with van der Waals surface area (Å²) in [7, 11) is 1.33. The van der Waals surface area contributed by atoms with Crippen molar-refractivity contribution in [3.63, 3.8) is 0 Å². The lowest BCUT2D eigenvalue weighted by Gasteiger charge is -2.23. The van der Waals surface area contributed by atoms with Crippen LogP contribution in [0.2, 0.25) is 0 Å². The number of ether oxygens (including phenoxy) is 1. The van der Waals surface area contributed by atoms with Gasteiger partial charge < -0.3 is 9.84 Å². The van der Waals surface area contributed by atoms with Gasteiger partial charge in [0.2, 0.25) is 5.13 Å². The van der Waals surface area contributed by atoms with Crippen LogP contribution < -0.4 is 9.64 Å². The van der Waals surface area contributed by atoms with Crippen LogP contribution in [0.5, 0.6) is 5.75 Å². The number of benzene rings is 4. The molecule has 0 spiro atoms. The number of nitrogens with zero attached hydrogens (tertiary/aromatic N) is 3. The fraction of sp³-hybridized carbons (Fsp3) is 0.176. The Balaban J connectivity index is 1.38. The Morgan fingerprint density at radius 1 is 1.02 bits per heavy atom. The van der Waals surface area contributed by atoms with E-state index >= 15 is 0 Å². The number of halogens is 1. The lowest BCUT2D eigenvalue weighted by Crippen LogP contribution is -2.29. The standard InChI is InChI=1S/C34H28FN3O4S2/c1-19(2)20-11-13-22(14-12-20)29-28(30(39)23-15-16-27(42-3)26(35)17-23)31(40)32(41)38(29)33-36-37-34(44-33)43-18-24-9-6-8-21-7-4-5-10-25(21)24/h4-17,19,29,39H,18H2,1-3H3/b30-28+. The van der Waals surface area contributed by atoms with Crippen LogP contribution in [0.3, 0.4) is 0 Å². The number of hydrogen-bond acceptors (Lipinski definition) is 8. The third-order valence-electron chi connectivity index (χ3n) is 7.62. The summed E-state index contributed by atoms with van der Waals surface area (Å²) in [5.74, 6) is -2.04. The van der Waals surface area contributed by atoms with Crippen molar-refractivity contribution in [2.24, 2.45) is 0 Å². The van der Waals surface area contributed by atoms with Gasteiger partial charge in [-0.15, -0.1) is 10.2 Å². The van der Waals surface area contributed by atoms with Gasteiger partial charge in [0, 0.05) is 11.3 Å². The van der Waals surface area contributed by atoms with Crippen LogP contribution >= 0.6 is 23.1 Å². The molecular formula is C34H28FN3O4S2. The molecule has 222 valence electrons. The Hall–Kier alpha value is -4.54. The molecule has 0 aliphatic carbocycles. The highest BCUT2D eigenvalue weighted by atomic mass is 32.2. The monoisotopic (exact) mass is 625 g/mol. The van der Waals surface area contributed by atoms with E-state index in [1.54, 1.807) is 0 Å². The number of ketones is 1. The summed E-state index contributed by atoms with van der Waals surface area (Å²) in [5, 5.41) is 22.5. The zero-order chi connectivity index (χ0) is 31.0. The normalized spacial score (nSPS) is 16.3. The first-order valence-corrected chi connectivity index (χ1v) is 15.7. The molecule has 6 rings (SSSR count). The molecule has 1 aliphatic heterocycles. The van der Waals surface area contributed by atoms with Gasteiger partial charge in [-0.05, 0) is 51.6 Å². The van der Waals surface area contributed by atoms with Crippen molar-refractivity contribution in [3.8, 4) is 5.75 Å². The maximum absolute atomic E-state index is 14.6. The van der Waals surface area contributed by atoms with E-state index < -0.39 is 29.3 Å². The highest BCUT2D eigenvalue weighted by molar-refractivity contribution is 8.00. The number of aromatic nitrogens is 2. The minimum atomic E-state index is -0.995. The van der Waals surface area contributed by atoms with Crippen LogP contribution in [-0.4, -0.2) is 34.1 Å². The number of carbonyl (C=O) groups excluding carboxylic acids is 2. The van der Waals surface area contributed by atoms with Gasteiger partial charge >= 0.3 is 5.91 Å². The summed E-state index contributed by atoms with van der Waals surface area (Å²) in [6.07, 6.45) is 0. The molecule has 5 aromatic rings. The fourth-order valence-corrected chi connectivity index (χ4v) is 7.17. The Labute approximate surface area is 262 Å². The van der Waals surface area contributed by atoms with Crippen LogP contribution in [-0.2, 0) is 15.3 Å². The molecular weight excluding hydrogens is 598 g/mol. The molecule has 1 aromatic heterocycles. The smallest absolute Gasteiger partial charge is 0.301 e. The van der Waals surface area contributed by atoms with Gasteiger partial charge in [-0.2, -0.15) is 0 Å². The Kier molecular flexibility index (Phi) is 8.20. The van der Waals surface area contributed by atoms with E-state index in [0.29, 0.717) is 15.7 Å². The van der Waals surface area contributed by atoms with Gasteiger partial charge in [0.1, 0.15) is 5.76 Å². The number of amides is 1. The lowest BCUT2D eigenvalue weighted by molar-refractivity contribution is -0.132. The Morgan fingerprint density at radius 3 is 2.50 bits per heavy atom. The summed E-state index contributed by atoms with van der Waals surface area (Å²) >= 11 is 2.69. The van der Waals surface area contributed by atoms with Crippen molar-refractivity contribution < 1.29 is 23.8 Å². The maximum Gasteiger partial charge on any atom is 0.301 e. The molecule has 2 heterocycles. The summed E-state index contributed by atoms with van der Waals surface area (Å²) in [6.45, 7) is 4.13. The maximum atomic E-state index is 14.6. The quantitative estimate of drug-likeness (QED) is 0.0617. The van der Waals surface area contributed by atoms with E-state index in [1.165, 1.54) is 47.2 Å². The molecule has 1 aliphatic rings. The molecule has 0 bridgehead atoms. The van der Waals surface area contributed by atoms with Crippen LogP contribution in [0.1, 0.15) is 48.1 Å². The topological polar surface area (TPSA) is 92.6 Å². The van der Waals surface area contributed by atoms with Crippen molar-refractivity contribution in [1.29, 1.82) is 0 Å². The number of hydrogen-bond donors (Lipinski definition) is 1. The van der Waals surface area contributed by atoms with Crippen molar-refractivity contribution in [3.05, 3.63) is 119 Å². The zero-order valence-electron chi connectivity index (χ0n) is 24.2. The largest absolute Gasteiger partial charge is 0.507 e. The summed E-state index contributed by atoms with van der Waals surface area (Å²) < 4.78 is 20.2.